The summed E-state index contributed by atoms with van der Waals surface area (Å²) >= 11 is 0. The zero-order valence-corrected chi connectivity index (χ0v) is 6.84. The summed E-state index contributed by atoms with van der Waals surface area (Å²) in [5, 5.41) is 4.25. The van der Waals surface area contributed by atoms with E-state index in [9.17, 15) is 0 Å². The molecule has 0 N–H and O–H groups in total. The van der Waals surface area contributed by atoms with Crippen LogP contribution in [0.5, 0.6) is 0 Å². The van der Waals surface area contributed by atoms with Crippen molar-refractivity contribution in [3.8, 4) is 0 Å². The standard InChI is InChI=1S/C8H14N.Li/c1-2-9-8-6-4-3-5-7-8;/h2,8H,1,3-7H2;/q-1;+1. The van der Waals surface area contributed by atoms with Crippen LogP contribution in [0.15, 0.2) is 12.8 Å². The van der Waals surface area contributed by atoms with Gasteiger partial charge in [-0.25, -0.2) is 0 Å². The van der Waals surface area contributed by atoms with Crippen LogP contribution in [0.1, 0.15) is 32.1 Å². The van der Waals surface area contributed by atoms with Crippen molar-refractivity contribution >= 4 is 0 Å². The van der Waals surface area contributed by atoms with Crippen LogP contribution in [-0.4, -0.2) is 6.04 Å². The van der Waals surface area contributed by atoms with Gasteiger partial charge in [-0.2, -0.15) is 6.20 Å². The van der Waals surface area contributed by atoms with E-state index in [-0.39, 0.29) is 18.9 Å². The fourth-order valence-corrected chi connectivity index (χ4v) is 1.38. The average molecular weight is 131 g/mol. The molecule has 0 spiro atoms. The van der Waals surface area contributed by atoms with Crippen molar-refractivity contribution in [3.05, 3.63) is 18.1 Å². The summed E-state index contributed by atoms with van der Waals surface area (Å²) in [6, 6.07) is 0.608. The molecule has 0 atom stereocenters. The van der Waals surface area contributed by atoms with Gasteiger partial charge >= 0.3 is 18.9 Å². The minimum Gasteiger partial charge on any atom is -0.688 e. The van der Waals surface area contributed by atoms with Crippen LogP contribution >= 0.6 is 0 Å². The normalized spacial score (nSPS) is 19.2. The molecule has 1 saturated carbocycles. The quantitative estimate of drug-likeness (QED) is 0.462. The average Bonchev–Trinajstić information content (AvgIpc) is 1.91. The summed E-state index contributed by atoms with van der Waals surface area (Å²) in [5.41, 5.74) is 0. The molecule has 0 amide bonds. The van der Waals surface area contributed by atoms with Crippen LogP contribution < -0.4 is 18.9 Å². The predicted octanol–water partition coefficient (Wildman–Crippen LogP) is -0.160. The molecule has 1 fully saturated rings. The molecule has 0 aromatic heterocycles. The van der Waals surface area contributed by atoms with Crippen molar-refractivity contribution in [1.82, 2.24) is 0 Å². The summed E-state index contributed by atoms with van der Waals surface area (Å²) in [4.78, 5) is 0. The van der Waals surface area contributed by atoms with E-state index in [4.69, 9.17) is 0 Å². The molecule has 1 rings (SSSR count). The molecular weight excluding hydrogens is 117 g/mol. The van der Waals surface area contributed by atoms with Crippen molar-refractivity contribution in [2.24, 2.45) is 0 Å². The van der Waals surface area contributed by atoms with Crippen LogP contribution in [0.4, 0.5) is 0 Å². The van der Waals surface area contributed by atoms with Gasteiger partial charge in [0.2, 0.25) is 0 Å². The first-order chi connectivity index (χ1) is 4.43. The fraction of sp³-hybridized carbons (Fsp3) is 0.750. The molecule has 0 saturated heterocycles. The maximum absolute atomic E-state index is 4.25. The van der Waals surface area contributed by atoms with E-state index >= 15 is 0 Å². The Kier molecular flexibility index (Phi) is 5.97. The van der Waals surface area contributed by atoms with E-state index in [1.165, 1.54) is 32.1 Å². The molecule has 1 aliphatic carbocycles. The smallest absolute Gasteiger partial charge is 0.688 e. The Morgan fingerprint density at radius 2 is 1.80 bits per heavy atom. The van der Waals surface area contributed by atoms with Crippen molar-refractivity contribution < 1.29 is 18.9 Å². The predicted molar refractivity (Wildman–Crippen MR) is 40.4 cm³/mol. The third-order valence-electron chi connectivity index (χ3n) is 1.89. The van der Waals surface area contributed by atoms with Gasteiger partial charge in [-0.1, -0.05) is 32.1 Å². The first-order valence-corrected chi connectivity index (χ1v) is 3.74. The Balaban J connectivity index is 0.000000810. The summed E-state index contributed by atoms with van der Waals surface area (Å²) in [6.45, 7) is 3.59. The Morgan fingerprint density at radius 3 is 2.30 bits per heavy atom. The van der Waals surface area contributed by atoms with Crippen LogP contribution in [0.25, 0.3) is 5.32 Å². The van der Waals surface area contributed by atoms with E-state index in [1.54, 1.807) is 6.20 Å². The first-order valence-electron chi connectivity index (χ1n) is 3.74. The zero-order chi connectivity index (χ0) is 6.53. The molecule has 2 heteroatoms. The summed E-state index contributed by atoms with van der Waals surface area (Å²) < 4.78 is 0. The molecule has 1 aliphatic rings. The second-order valence-corrected chi connectivity index (χ2v) is 2.62. The van der Waals surface area contributed by atoms with Crippen molar-refractivity contribution in [3.63, 3.8) is 0 Å². The summed E-state index contributed by atoms with van der Waals surface area (Å²) in [5.74, 6) is 0. The Labute approximate surface area is 75.4 Å². The molecule has 10 heavy (non-hydrogen) atoms. The third kappa shape index (κ3) is 3.34. The molecule has 0 aromatic carbocycles. The van der Waals surface area contributed by atoms with Gasteiger partial charge in [-0.15, -0.1) is 12.6 Å². The molecule has 0 unspecified atom stereocenters. The number of nitrogens with zero attached hydrogens (tertiary/aromatic N) is 1. The number of rotatable bonds is 2. The van der Waals surface area contributed by atoms with Gasteiger partial charge in [0.1, 0.15) is 0 Å². The van der Waals surface area contributed by atoms with Gasteiger partial charge in [0.05, 0.1) is 0 Å². The Bertz CT molecular complexity index is 87.3. The molecule has 52 valence electrons. The Morgan fingerprint density at radius 1 is 1.20 bits per heavy atom. The molecule has 0 radical (unpaired) electrons. The van der Waals surface area contributed by atoms with Gasteiger partial charge in [-0.3, -0.25) is 0 Å². The number of hydrogen-bond acceptors (Lipinski definition) is 0. The molecule has 1 nitrogen and oxygen atoms in total. The first kappa shape index (κ1) is 10.1. The van der Waals surface area contributed by atoms with Gasteiger partial charge in [-0.05, 0) is 0 Å². The van der Waals surface area contributed by atoms with Gasteiger partial charge < -0.3 is 5.32 Å². The van der Waals surface area contributed by atoms with Crippen LogP contribution in [0.3, 0.4) is 0 Å². The third-order valence-corrected chi connectivity index (χ3v) is 1.89. The molecule has 0 aromatic rings. The van der Waals surface area contributed by atoms with Gasteiger partial charge in [0, 0.05) is 0 Å². The SMILES string of the molecule is C=C[N-]C1CCCCC1.[Li+]. The van der Waals surface area contributed by atoms with E-state index in [1.807, 2.05) is 0 Å². The zero-order valence-electron chi connectivity index (χ0n) is 6.84. The molecule has 0 aliphatic heterocycles. The second-order valence-electron chi connectivity index (χ2n) is 2.62. The molecular formula is C8H14LiN. The number of hydrogen-bond donors (Lipinski definition) is 0. The minimum absolute atomic E-state index is 0. The molecule has 0 bridgehead atoms. The summed E-state index contributed by atoms with van der Waals surface area (Å²) in [6.07, 6.45) is 8.39. The monoisotopic (exact) mass is 131 g/mol. The van der Waals surface area contributed by atoms with E-state index in [0.717, 1.165) is 0 Å². The largest absolute Gasteiger partial charge is 1.00 e. The van der Waals surface area contributed by atoms with Crippen molar-refractivity contribution in [2.75, 3.05) is 0 Å². The minimum atomic E-state index is 0. The fourth-order valence-electron chi connectivity index (χ4n) is 1.38. The Hall–Kier alpha value is 0.137. The molecule has 0 heterocycles. The van der Waals surface area contributed by atoms with Crippen LogP contribution in [-0.2, 0) is 0 Å². The van der Waals surface area contributed by atoms with E-state index in [2.05, 4.69) is 11.9 Å². The van der Waals surface area contributed by atoms with E-state index < -0.39 is 0 Å². The summed E-state index contributed by atoms with van der Waals surface area (Å²) in [7, 11) is 0. The van der Waals surface area contributed by atoms with Crippen LogP contribution in [0, 0.1) is 0 Å². The van der Waals surface area contributed by atoms with Crippen molar-refractivity contribution in [1.29, 1.82) is 0 Å². The maximum Gasteiger partial charge on any atom is 1.00 e. The van der Waals surface area contributed by atoms with Crippen molar-refractivity contribution in [2.45, 2.75) is 38.1 Å². The van der Waals surface area contributed by atoms with Crippen LogP contribution in [0.2, 0.25) is 0 Å². The van der Waals surface area contributed by atoms with E-state index in [0.29, 0.717) is 6.04 Å². The topological polar surface area (TPSA) is 14.1 Å². The maximum atomic E-state index is 4.25. The van der Waals surface area contributed by atoms with Gasteiger partial charge in [0.25, 0.3) is 0 Å². The van der Waals surface area contributed by atoms with Gasteiger partial charge in [0.15, 0.2) is 0 Å². The second kappa shape index (κ2) is 5.89.